The summed E-state index contributed by atoms with van der Waals surface area (Å²) in [6, 6.07) is 0.660. The Labute approximate surface area is 106 Å². The fraction of sp³-hybridized carbons (Fsp3) is 1.00. The van der Waals surface area contributed by atoms with E-state index in [4.69, 9.17) is 0 Å². The van der Waals surface area contributed by atoms with Gasteiger partial charge in [0, 0.05) is 12.6 Å². The fourth-order valence-corrected chi connectivity index (χ4v) is 3.55. The quantitative estimate of drug-likeness (QED) is 0.790. The highest BCUT2D eigenvalue weighted by molar-refractivity contribution is 4.87. The number of hydrogen-bond acceptors (Lipinski definition) is 2. The Morgan fingerprint density at radius 3 is 2.53 bits per heavy atom. The molecule has 4 unspecified atom stereocenters. The first-order valence-electron chi connectivity index (χ1n) is 7.56. The molecular formula is C15H29NO. The molecule has 2 N–H and O–H groups in total. The van der Waals surface area contributed by atoms with Gasteiger partial charge in [-0.05, 0) is 44.4 Å². The summed E-state index contributed by atoms with van der Waals surface area (Å²) in [5.41, 5.74) is -0.524. The summed E-state index contributed by atoms with van der Waals surface area (Å²) in [4.78, 5) is 0. The van der Waals surface area contributed by atoms with E-state index in [2.05, 4.69) is 12.2 Å². The number of fused-ring (bicyclic) bond motifs is 1. The van der Waals surface area contributed by atoms with Crippen LogP contribution in [-0.2, 0) is 0 Å². The van der Waals surface area contributed by atoms with Crippen LogP contribution in [0.4, 0.5) is 0 Å². The van der Waals surface area contributed by atoms with Crippen LogP contribution in [0.3, 0.4) is 0 Å². The van der Waals surface area contributed by atoms with Crippen molar-refractivity contribution in [3.8, 4) is 0 Å². The van der Waals surface area contributed by atoms with Crippen molar-refractivity contribution in [2.45, 2.75) is 76.9 Å². The second kappa shape index (κ2) is 5.71. The van der Waals surface area contributed by atoms with Gasteiger partial charge in [-0.25, -0.2) is 0 Å². The summed E-state index contributed by atoms with van der Waals surface area (Å²) in [6.07, 6.45) is 10.8. The first-order chi connectivity index (χ1) is 8.11. The van der Waals surface area contributed by atoms with E-state index in [-0.39, 0.29) is 0 Å². The van der Waals surface area contributed by atoms with Crippen LogP contribution in [0, 0.1) is 11.8 Å². The Morgan fingerprint density at radius 1 is 1.12 bits per heavy atom. The van der Waals surface area contributed by atoms with E-state index >= 15 is 0 Å². The van der Waals surface area contributed by atoms with Gasteiger partial charge < -0.3 is 10.4 Å². The van der Waals surface area contributed by atoms with Gasteiger partial charge in [0.1, 0.15) is 0 Å². The smallest absolute Gasteiger partial charge is 0.0741 e. The minimum atomic E-state index is -0.524. The second-order valence-corrected chi connectivity index (χ2v) is 6.55. The molecule has 2 rings (SSSR count). The monoisotopic (exact) mass is 239 g/mol. The molecule has 2 aliphatic carbocycles. The van der Waals surface area contributed by atoms with Crippen molar-refractivity contribution in [1.29, 1.82) is 0 Å². The molecular weight excluding hydrogens is 210 g/mol. The highest BCUT2D eigenvalue weighted by atomic mass is 16.3. The van der Waals surface area contributed by atoms with Crippen LogP contribution in [0.5, 0.6) is 0 Å². The molecule has 2 nitrogen and oxygen atoms in total. The molecule has 0 aliphatic heterocycles. The van der Waals surface area contributed by atoms with Gasteiger partial charge in [0.05, 0.1) is 5.60 Å². The van der Waals surface area contributed by atoms with E-state index in [1.807, 2.05) is 6.92 Å². The van der Waals surface area contributed by atoms with Crippen LogP contribution >= 0.6 is 0 Å². The molecule has 0 bridgehead atoms. The van der Waals surface area contributed by atoms with Crippen molar-refractivity contribution in [2.24, 2.45) is 11.8 Å². The predicted octanol–water partition coefficient (Wildman–Crippen LogP) is 3.10. The molecule has 0 amide bonds. The lowest BCUT2D eigenvalue weighted by Gasteiger charge is -2.40. The van der Waals surface area contributed by atoms with Crippen LogP contribution in [0.1, 0.15) is 65.2 Å². The van der Waals surface area contributed by atoms with Crippen molar-refractivity contribution >= 4 is 0 Å². The molecule has 2 aliphatic rings. The molecule has 0 spiro atoms. The Bertz CT molecular complexity index is 239. The van der Waals surface area contributed by atoms with Crippen molar-refractivity contribution in [3.05, 3.63) is 0 Å². The summed E-state index contributed by atoms with van der Waals surface area (Å²) in [7, 11) is 0. The van der Waals surface area contributed by atoms with E-state index in [0.29, 0.717) is 6.04 Å². The zero-order valence-corrected chi connectivity index (χ0v) is 11.5. The Kier molecular flexibility index (Phi) is 4.48. The minimum absolute atomic E-state index is 0.524. The molecule has 2 saturated carbocycles. The van der Waals surface area contributed by atoms with Gasteiger partial charge in [-0.15, -0.1) is 0 Å². The van der Waals surface area contributed by atoms with Gasteiger partial charge in [-0.3, -0.25) is 0 Å². The summed E-state index contributed by atoms with van der Waals surface area (Å²) in [5.74, 6) is 2.00. The number of rotatable bonds is 4. The van der Waals surface area contributed by atoms with Crippen LogP contribution in [-0.4, -0.2) is 23.3 Å². The normalized spacial score (nSPS) is 37.2. The van der Waals surface area contributed by atoms with Gasteiger partial charge in [0.25, 0.3) is 0 Å². The zero-order chi connectivity index (χ0) is 12.3. The lowest BCUT2D eigenvalue weighted by molar-refractivity contribution is 0.0463. The average Bonchev–Trinajstić information content (AvgIpc) is 2.36. The molecule has 0 radical (unpaired) electrons. The number of hydrogen-bond donors (Lipinski definition) is 2. The van der Waals surface area contributed by atoms with Crippen LogP contribution in [0.2, 0.25) is 0 Å². The molecule has 100 valence electrons. The summed E-state index contributed by atoms with van der Waals surface area (Å²) >= 11 is 0. The maximum atomic E-state index is 10.0. The molecule has 0 heterocycles. The molecule has 0 saturated heterocycles. The third-order valence-electron chi connectivity index (χ3n) is 5.07. The Hall–Kier alpha value is -0.0800. The molecule has 0 aromatic heterocycles. The maximum Gasteiger partial charge on any atom is 0.0741 e. The number of aliphatic hydroxyl groups is 1. The van der Waals surface area contributed by atoms with E-state index in [9.17, 15) is 5.11 Å². The molecule has 2 fully saturated rings. The standard InChI is InChI=1S/C15H29NO/c1-3-15(2,17)11-16-14-9-8-12-6-4-5-7-13(12)10-14/h12-14,16-17H,3-11H2,1-2H3. The SMILES string of the molecule is CCC(C)(O)CNC1CCC2CCCCC2C1. The van der Waals surface area contributed by atoms with Gasteiger partial charge in [0.2, 0.25) is 0 Å². The second-order valence-electron chi connectivity index (χ2n) is 6.55. The van der Waals surface area contributed by atoms with E-state index in [1.165, 1.54) is 44.9 Å². The Morgan fingerprint density at radius 2 is 1.82 bits per heavy atom. The molecule has 0 aromatic rings. The first kappa shape index (κ1) is 13.4. The van der Waals surface area contributed by atoms with E-state index in [1.54, 1.807) is 0 Å². The van der Waals surface area contributed by atoms with Gasteiger partial charge in [-0.2, -0.15) is 0 Å². The largest absolute Gasteiger partial charge is 0.389 e. The zero-order valence-electron chi connectivity index (χ0n) is 11.5. The maximum absolute atomic E-state index is 10.0. The van der Waals surface area contributed by atoms with E-state index < -0.39 is 5.60 Å². The van der Waals surface area contributed by atoms with Crippen molar-refractivity contribution in [1.82, 2.24) is 5.32 Å². The first-order valence-corrected chi connectivity index (χ1v) is 7.56. The van der Waals surface area contributed by atoms with Crippen molar-refractivity contribution in [3.63, 3.8) is 0 Å². The van der Waals surface area contributed by atoms with Crippen molar-refractivity contribution < 1.29 is 5.11 Å². The Balaban J connectivity index is 1.76. The average molecular weight is 239 g/mol. The summed E-state index contributed by atoms with van der Waals surface area (Å²) in [5, 5.41) is 13.6. The third kappa shape index (κ3) is 3.69. The molecule has 2 heteroatoms. The summed E-state index contributed by atoms with van der Waals surface area (Å²) < 4.78 is 0. The van der Waals surface area contributed by atoms with Crippen molar-refractivity contribution in [2.75, 3.05) is 6.54 Å². The molecule has 17 heavy (non-hydrogen) atoms. The lowest BCUT2D eigenvalue weighted by Crippen LogP contribution is -2.45. The van der Waals surface area contributed by atoms with Crippen LogP contribution in [0.15, 0.2) is 0 Å². The van der Waals surface area contributed by atoms with E-state index in [0.717, 1.165) is 24.8 Å². The highest BCUT2D eigenvalue weighted by Crippen LogP contribution is 2.40. The van der Waals surface area contributed by atoms with Crippen LogP contribution < -0.4 is 5.32 Å². The van der Waals surface area contributed by atoms with Crippen LogP contribution in [0.25, 0.3) is 0 Å². The molecule has 0 aromatic carbocycles. The topological polar surface area (TPSA) is 32.3 Å². The van der Waals surface area contributed by atoms with Gasteiger partial charge in [0.15, 0.2) is 0 Å². The minimum Gasteiger partial charge on any atom is -0.389 e. The highest BCUT2D eigenvalue weighted by Gasteiger charge is 2.32. The fourth-order valence-electron chi connectivity index (χ4n) is 3.55. The van der Waals surface area contributed by atoms with Gasteiger partial charge >= 0.3 is 0 Å². The summed E-state index contributed by atoms with van der Waals surface area (Å²) in [6.45, 7) is 4.75. The van der Waals surface area contributed by atoms with Gasteiger partial charge in [-0.1, -0.05) is 32.6 Å². The number of nitrogens with one attached hydrogen (secondary N) is 1. The molecule has 4 atom stereocenters. The lowest BCUT2D eigenvalue weighted by atomic mass is 9.69. The third-order valence-corrected chi connectivity index (χ3v) is 5.07. The predicted molar refractivity (Wildman–Crippen MR) is 72.0 cm³/mol.